The molecule has 1 aliphatic carbocycles. The van der Waals surface area contributed by atoms with Crippen molar-refractivity contribution in [3.63, 3.8) is 0 Å². The number of aldehydes is 1. The van der Waals surface area contributed by atoms with Crippen molar-refractivity contribution in [2.24, 2.45) is 11.8 Å². The summed E-state index contributed by atoms with van der Waals surface area (Å²) in [5, 5.41) is 0. The minimum absolute atomic E-state index is 0.257. The Labute approximate surface area is 115 Å². The van der Waals surface area contributed by atoms with Crippen LogP contribution in [0.25, 0.3) is 0 Å². The van der Waals surface area contributed by atoms with E-state index in [1.165, 1.54) is 0 Å². The van der Waals surface area contributed by atoms with Gasteiger partial charge in [-0.15, -0.1) is 0 Å². The first-order chi connectivity index (χ1) is 9.36. The summed E-state index contributed by atoms with van der Waals surface area (Å²) >= 11 is 0. The summed E-state index contributed by atoms with van der Waals surface area (Å²) in [6.45, 7) is 2.06. The number of carbonyl (C=O) groups is 1. The van der Waals surface area contributed by atoms with E-state index < -0.39 is 0 Å². The third-order valence-corrected chi connectivity index (χ3v) is 4.10. The Morgan fingerprint density at radius 2 is 1.89 bits per heavy atom. The van der Waals surface area contributed by atoms with Crippen LogP contribution in [0.4, 0.5) is 0 Å². The SMILES string of the molecule is C/C=C/C1[C@@H](C/C=C\CCCCC=O)[C@@H]2C[C@H]1OO2. The Balaban J connectivity index is 1.72. The van der Waals surface area contributed by atoms with Gasteiger partial charge < -0.3 is 4.79 Å². The maximum atomic E-state index is 10.2. The van der Waals surface area contributed by atoms with Crippen molar-refractivity contribution in [2.75, 3.05) is 0 Å². The van der Waals surface area contributed by atoms with Gasteiger partial charge in [0.05, 0.1) is 6.10 Å². The van der Waals surface area contributed by atoms with Crippen molar-refractivity contribution in [2.45, 2.75) is 57.7 Å². The van der Waals surface area contributed by atoms with Crippen LogP contribution in [-0.4, -0.2) is 18.5 Å². The number of carbonyl (C=O) groups excluding carboxylic acids is 1. The van der Waals surface area contributed by atoms with Crippen molar-refractivity contribution in [1.29, 1.82) is 0 Å². The maximum Gasteiger partial charge on any atom is 0.119 e. The molecular formula is C16H24O3. The highest BCUT2D eigenvalue weighted by atomic mass is 17.2. The lowest BCUT2D eigenvalue weighted by atomic mass is 9.89. The zero-order valence-corrected chi connectivity index (χ0v) is 11.7. The minimum Gasteiger partial charge on any atom is -0.303 e. The number of hydrogen-bond acceptors (Lipinski definition) is 3. The van der Waals surface area contributed by atoms with Gasteiger partial charge in [-0.3, -0.25) is 0 Å². The summed E-state index contributed by atoms with van der Waals surface area (Å²) in [4.78, 5) is 20.8. The molecule has 1 unspecified atom stereocenters. The summed E-state index contributed by atoms with van der Waals surface area (Å²) in [6.07, 6.45) is 16.4. The topological polar surface area (TPSA) is 35.5 Å². The molecule has 0 N–H and O–H groups in total. The highest BCUT2D eigenvalue weighted by Crippen LogP contribution is 2.44. The lowest BCUT2D eigenvalue weighted by Crippen LogP contribution is -2.28. The molecule has 2 aliphatic rings. The van der Waals surface area contributed by atoms with Crippen LogP contribution in [0, 0.1) is 11.8 Å². The van der Waals surface area contributed by atoms with E-state index >= 15 is 0 Å². The van der Waals surface area contributed by atoms with E-state index in [0.717, 1.165) is 38.4 Å². The summed E-state index contributed by atoms with van der Waals surface area (Å²) < 4.78 is 0. The van der Waals surface area contributed by atoms with E-state index in [4.69, 9.17) is 9.78 Å². The van der Waals surface area contributed by atoms with Crippen LogP contribution in [0.15, 0.2) is 24.3 Å². The van der Waals surface area contributed by atoms with Gasteiger partial charge in [0.2, 0.25) is 0 Å². The lowest BCUT2D eigenvalue weighted by molar-refractivity contribution is -0.336. The summed E-state index contributed by atoms with van der Waals surface area (Å²) in [7, 11) is 0. The van der Waals surface area contributed by atoms with Gasteiger partial charge in [-0.05, 0) is 32.6 Å². The lowest BCUT2D eigenvalue weighted by Gasteiger charge is -2.27. The van der Waals surface area contributed by atoms with Crippen LogP contribution in [0.2, 0.25) is 0 Å². The van der Waals surface area contributed by atoms with Crippen molar-refractivity contribution in [1.82, 2.24) is 0 Å². The second-order valence-electron chi connectivity index (χ2n) is 5.43. The third-order valence-electron chi connectivity index (χ3n) is 4.10. The summed E-state index contributed by atoms with van der Waals surface area (Å²) in [5.74, 6) is 1.06. The van der Waals surface area contributed by atoms with Gasteiger partial charge in [-0.25, -0.2) is 9.78 Å². The van der Waals surface area contributed by atoms with Gasteiger partial charge in [0, 0.05) is 24.7 Å². The molecule has 0 amide bonds. The fraction of sp³-hybridized carbons (Fsp3) is 0.688. The first-order valence-corrected chi connectivity index (χ1v) is 7.40. The first-order valence-electron chi connectivity index (χ1n) is 7.40. The molecule has 0 aromatic heterocycles. The van der Waals surface area contributed by atoms with E-state index in [1.54, 1.807) is 0 Å². The van der Waals surface area contributed by atoms with E-state index in [0.29, 0.717) is 18.3 Å². The molecule has 2 bridgehead atoms. The number of hydrogen-bond donors (Lipinski definition) is 0. The molecule has 1 saturated carbocycles. The number of allylic oxidation sites excluding steroid dienone is 3. The number of rotatable bonds is 8. The highest BCUT2D eigenvalue weighted by molar-refractivity contribution is 5.48. The molecule has 1 aliphatic heterocycles. The third kappa shape index (κ3) is 3.77. The van der Waals surface area contributed by atoms with Gasteiger partial charge in [-0.2, -0.15) is 0 Å². The molecule has 1 saturated heterocycles. The van der Waals surface area contributed by atoms with Crippen LogP contribution in [0.5, 0.6) is 0 Å². The van der Waals surface area contributed by atoms with Gasteiger partial charge >= 0.3 is 0 Å². The number of unbranched alkanes of at least 4 members (excludes halogenated alkanes) is 3. The Morgan fingerprint density at radius 3 is 2.68 bits per heavy atom. The Kier molecular flexibility index (Phi) is 5.80. The molecule has 0 aromatic rings. The molecule has 4 atom stereocenters. The van der Waals surface area contributed by atoms with Gasteiger partial charge in [0.25, 0.3) is 0 Å². The van der Waals surface area contributed by atoms with Crippen LogP contribution in [0.1, 0.15) is 45.4 Å². The monoisotopic (exact) mass is 264 g/mol. The average molecular weight is 264 g/mol. The Hall–Kier alpha value is -0.930. The molecule has 2 rings (SSSR count). The van der Waals surface area contributed by atoms with Crippen molar-refractivity contribution in [3.05, 3.63) is 24.3 Å². The smallest absolute Gasteiger partial charge is 0.119 e. The van der Waals surface area contributed by atoms with Crippen molar-refractivity contribution in [3.8, 4) is 0 Å². The van der Waals surface area contributed by atoms with E-state index in [9.17, 15) is 4.79 Å². The van der Waals surface area contributed by atoms with Gasteiger partial charge in [0.1, 0.15) is 12.4 Å². The predicted octanol–water partition coefficient (Wildman–Crippen LogP) is 3.60. The Bertz CT molecular complexity index is 335. The van der Waals surface area contributed by atoms with E-state index in [1.807, 2.05) is 0 Å². The molecule has 0 aromatic carbocycles. The second-order valence-corrected chi connectivity index (χ2v) is 5.43. The molecule has 19 heavy (non-hydrogen) atoms. The fourth-order valence-corrected chi connectivity index (χ4v) is 3.10. The number of fused-ring (bicyclic) bond motifs is 2. The van der Waals surface area contributed by atoms with Crippen molar-refractivity contribution < 1.29 is 14.6 Å². The van der Waals surface area contributed by atoms with E-state index in [-0.39, 0.29) is 12.2 Å². The molecule has 106 valence electrons. The molecule has 3 nitrogen and oxygen atoms in total. The maximum absolute atomic E-state index is 10.2. The second kappa shape index (κ2) is 7.61. The molecular weight excluding hydrogens is 240 g/mol. The fourth-order valence-electron chi connectivity index (χ4n) is 3.10. The van der Waals surface area contributed by atoms with Crippen LogP contribution >= 0.6 is 0 Å². The largest absolute Gasteiger partial charge is 0.303 e. The summed E-state index contributed by atoms with van der Waals surface area (Å²) in [6, 6.07) is 0. The standard InChI is InChI=1S/C16H24O3/c1-2-9-13-14(16-12-15(13)18-19-16)10-7-5-3-4-6-8-11-17/h2,5,7,9,11,13-16H,3-4,6,8,10,12H2,1H3/b7-5-,9-2+/t13?,14-,15-,16+/m1/s1. The average Bonchev–Trinajstić information content (AvgIpc) is 3.00. The zero-order valence-electron chi connectivity index (χ0n) is 11.7. The molecule has 1 heterocycles. The van der Waals surface area contributed by atoms with Gasteiger partial charge in [0.15, 0.2) is 0 Å². The molecule has 2 fully saturated rings. The summed E-state index contributed by atoms with van der Waals surface area (Å²) in [5.41, 5.74) is 0. The normalized spacial score (nSPS) is 33.7. The van der Waals surface area contributed by atoms with Crippen molar-refractivity contribution >= 4 is 6.29 Å². The molecule has 3 heteroatoms. The quantitative estimate of drug-likeness (QED) is 0.291. The molecule has 0 spiro atoms. The van der Waals surface area contributed by atoms with Gasteiger partial charge in [-0.1, -0.05) is 24.3 Å². The van der Waals surface area contributed by atoms with Crippen LogP contribution in [0.3, 0.4) is 0 Å². The van der Waals surface area contributed by atoms with Crippen LogP contribution in [-0.2, 0) is 14.6 Å². The zero-order chi connectivity index (χ0) is 13.5. The molecule has 0 radical (unpaired) electrons. The minimum atomic E-state index is 0.257. The predicted molar refractivity (Wildman–Crippen MR) is 74.4 cm³/mol. The van der Waals surface area contributed by atoms with Crippen LogP contribution < -0.4 is 0 Å². The first kappa shape index (κ1) is 14.5. The van der Waals surface area contributed by atoms with E-state index in [2.05, 4.69) is 31.2 Å². The highest BCUT2D eigenvalue weighted by Gasteiger charge is 2.48. The Morgan fingerprint density at radius 1 is 1.11 bits per heavy atom.